The summed E-state index contributed by atoms with van der Waals surface area (Å²) in [6.07, 6.45) is 10.3. The zero-order valence-corrected chi connectivity index (χ0v) is 17.3. The number of fused-ring (bicyclic) bond motifs is 1. The van der Waals surface area contributed by atoms with Crippen LogP contribution in [0, 0.1) is 12.8 Å². The first-order chi connectivity index (χ1) is 14.8. The van der Waals surface area contributed by atoms with Gasteiger partial charge in [-0.1, -0.05) is 25.3 Å². The average molecular weight is 402 g/mol. The summed E-state index contributed by atoms with van der Waals surface area (Å²) in [5.41, 5.74) is 5.51. The molecule has 1 aliphatic rings. The number of imidazole rings is 1. The number of hydrogen-bond acceptors (Lipinski definition) is 5. The third-order valence-corrected chi connectivity index (χ3v) is 5.90. The topological polar surface area (TPSA) is 83.8 Å². The second kappa shape index (κ2) is 8.36. The van der Waals surface area contributed by atoms with E-state index in [1.807, 2.05) is 43.5 Å². The molecule has 4 heterocycles. The number of aromatic amines is 1. The normalized spacial score (nSPS) is 15.1. The molecule has 1 fully saturated rings. The molecule has 4 aromatic heterocycles. The van der Waals surface area contributed by atoms with Crippen molar-refractivity contribution in [3.63, 3.8) is 0 Å². The van der Waals surface area contributed by atoms with Crippen LogP contribution in [0.3, 0.4) is 0 Å². The number of pyridine rings is 2. The third kappa shape index (κ3) is 3.98. The van der Waals surface area contributed by atoms with Crippen LogP contribution < -0.4 is 5.32 Å². The van der Waals surface area contributed by atoms with E-state index in [1.54, 1.807) is 10.8 Å². The Morgan fingerprint density at radius 1 is 1.10 bits per heavy atom. The Morgan fingerprint density at radius 2 is 2.00 bits per heavy atom. The Kier molecular flexibility index (Phi) is 5.27. The minimum Gasteiger partial charge on any atom is -0.339 e. The lowest BCUT2D eigenvalue weighted by Crippen LogP contribution is -2.24. The second-order valence-corrected chi connectivity index (χ2v) is 8.19. The molecule has 0 spiro atoms. The number of hydrogen-bond donors (Lipinski definition) is 2. The van der Waals surface area contributed by atoms with Gasteiger partial charge in [0.15, 0.2) is 5.65 Å². The van der Waals surface area contributed by atoms with Crippen molar-refractivity contribution in [2.75, 3.05) is 6.54 Å². The molecule has 154 valence electrons. The molecule has 7 nitrogen and oxygen atoms in total. The van der Waals surface area contributed by atoms with E-state index in [4.69, 9.17) is 9.97 Å². The summed E-state index contributed by atoms with van der Waals surface area (Å²) < 4.78 is 1.78. The van der Waals surface area contributed by atoms with E-state index in [9.17, 15) is 0 Å². The predicted molar refractivity (Wildman–Crippen MR) is 117 cm³/mol. The van der Waals surface area contributed by atoms with Gasteiger partial charge in [0.2, 0.25) is 0 Å². The van der Waals surface area contributed by atoms with Crippen LogP contribution in [0.25, 0.3) is 28.3 Å². The van der Waals surface area contributed by atoms with E-state index < -0.39 is 0 Å². The van der Waals surface area contributed by atoms with Crippen molar-refractivity contribution in [1.82, 2.24) is 34.9 Å². The monoisotopic (exact) mass is 401 g/mol. The lowest BCUT2D eigenvalue weighted by atomic mass is 9.89. The standard InChI is InChI=1S/C23H27N7/c1-16-6-5-9-19(27-16)23-22(18-10-11-21-25-15-26-30(21)14-18)28-20(29-23)13-24-12-17-7-3-2-4-8-17/h5-6,9-11,14-15,17,24H,2-4,7-8,12-13H2,1H3,(H,28,29). The lowest BCUT2D eigenvalue weighted by Gasteiger charge is -2.21. The van der Waals surface area contributed by atoms with Crippen molar-refractivity contribution < 1.29 is 0 Å². The predicted octanol–water partition coefficient (Wildman–Crippen LogP) is 4.16. The zero-order valence-electron chi connectivity index (χ0n) is 17.3. The van der Waals surface area contributed by atoms with Gasteiger partial charge in [-0.25, -0.2) is 14.5 Å². The molecule has 0 aliphatic heterocycles. The minimum atomic E-state index is 0.723. The van der Waals surface area contributed by atoms with E-state index in [0.29, 0.717) is 0 Å². The smallest absolute Gasteiger partial charge is 0.155 e. The van der Waals surface area contributed by atoms with Crippen molar-refractivity contribution in [3.05, 3.63) is 54.4 Å². The summed E-state index contributed by atoms with van der Waals surface area (Å²) >= 11 is 0. The van der Waals surface area contributed by atoms with Crippen molar-refractivity contribution >= 4 is 5.65 Å². The Bertz CT molecular complexity index is 1140. The van der Waals surface area contributed by atoms with Gasteiger partial charge in [-0.15, -0.1) is 0 Å². The first-order valence-electron chi connectivity index (χ1n) is 10.8. The maximum atomic E-state index is 4.94. The molecule has 0 aromatic carbocycles. The first kappa shape index (κ1) is 18.9. The highest BCUT2D eigenvalue weighted by Gasteiger charge is 2.17. The van der Waals surface area contributed by atoms with Gasteiger partial charge in [-0.3, -0.25) is 4.98 Å². The zero-order chi connectivity index (χ0) is 20.3. The summed E-state index contributed by atoms with van der Waals surface area (Å²) in [4.78, 5) is 17.4. The second-order valence-electron chi connectivity index (χ2n) is 8.19. The van der Waals surface area contributed by atoms with Crippen molar-refractivity contribution in [2.24, 2.45) is 5.92 Å². The quantitative estimate of drug-likeness (QED) is 0.507. The van der Waals surface area contributed by atoms with Crippen molar-refractivity contribution in [3.8, 4) is 22.6 Å². The number of H-pyrrole nitrogens is 1. The van der Waals surface area contributed by atoms with Gasteiger partial charge in [0.1, 0.15) is 12.2 Å². The maximum absolute atomic E-state index is 4.94. The van der Waals surface area contributed by atoms with Crippen LogP contribution in [0.1, 0.15) is 43.6 Å². The number of aryl methyl sites for hydroxylation is 1. The van der Waals surface area contributed by atoms with E-state index in [2.05, 4.69) is 20.4 Å². The summed E-state index contributed by atoms with van der Waals surface area (Å²) in [5, 5.41) is 7.88. The van der Waals surface area contributed by atoms with Crippen LogP contribution in [0.5, 0.6) is 0 Å². The molecule has 1 saturated carbocycles. The van der Waals surface area contributed by atoms with E-state index in [-0.39, 0.29) is 0 Å². The van der Waals surface area contributed by atoms with Gasteiger partial charge in [0.25, 0.3) is 0 Å². The largest absolute Gasteiger partial charge is 0.339 e. The summed E-state index contributed by atoms with van der Waals surface area (Å²) in [6, 6.07) is 10.1. The highest BCUT2D eigenvalue weighted by atomic mass is 15.3. The summed E-state index contributed by atoms with van der Waals surface area (Å²) in [6.45, 7) is 3.79. The molecule has 0 saturated heterocycles. The van der Waals surface area contributed by atoms with Crippen LogP contribution >= 0.6 is 0 Å². The van der Waals surface area contributed by atoms with Crippen LogP contribution in [0.2, 0.25) is 0 Å². The molecule has 0 radical (unpaired) electrons. The number of nitrogens with zero attached hydrogens (tertiary/aromatic N) is 5. The summed E-state index contributed by atoms with van der Waals surface area (Å²) in [5.74, 6) is 1.72. The van der Waals surface area contributed by atoms with Gasteiger partial charge in [0.05, 0.1) is 23.6 Å². The Morgan fingerprint density at radius 3 is 2.87 bits per heavy atom. The molecule has 2 N–H and O–H groups in total. The molecule has 5 rings (SSSR count). The van der Waals surface area contributed by atoms with E-state index in [1.165, 1.54) is 32.1 Å². The lowest BCUT2D eigenvalue weighted by molar-refractivity contribution is 0.341. The molecule has 4 aromatic rings. The Hall–Kier alpha value is -3.06. The van der Waals surface area contributed by atoms with Gasteiger partial charge >= 0.3 is 0 Å². The van der Waals surface area contributed by atoms with Gasteiger partial charge in [-0.05, 0) is 56.5 Å². The number of nitrogens with one attached hydrogen (secondary N) is 2. The molecule has 1 aliphatic carbocycles. The van der Waals surface area contributed by atoms with Crippen LogP contribution in [-0.4, -0.2) is 36.1 Å². The van der Waals surface area contributed by atoms with Gasteiger partial charge in [0, 0.05) is 17.5 Å². The highest BCUT2D eigenvalue weighted by molar-refractivity contribution is 5.77. The highest BCUT2D eigenvalue weighted by Crippen LogP contribution is 2.29. The van der Waals surface area contributed by atoms with E-state index >= 15 is 0 Å². The van der Waals surface area contributed by atoms with E-state index in [0.717, 1.165) is 58.8 Å². The fourth-order valence-corrected chi connectivity index (χ4v) is 4.33. The maximum Gasteiger partial charge on any atom is 0.155 e. The Labute approximate surface area is 176 Å². The van der Waals surface area contributed by atoms with Gasteiger partial charge in [-0.2, -0.15) is 5.10 Å². The molecular weight excluding hydrogens is 374 g/mol. The van der Waals surface area contributed by atoms with Crippen molar-refractivity contribution in [1.29, 1.82) is 0 Å². The molecule has 30 heavy (non-hydrogen) atoms. The summed E-state index contributed by atoms with van der Waals surface area (Å²) in [7, 11) is 0. The van der Waals surface area contributed by atoms with Crippen LogP contribution in [0.15, 0.2) is 42.9 Å². The molecule has 0 unspecified atom stereocenters. The average Bonchev–Trinajstić information content (AvgIpc) is 3.41. The first-order valence-corrected chi connectivity index (χ1v) is 10.8. The molecule has 0 amide bonds. The van der Waals surface area contributed by atoms with Crippen LogP contribution in [-0.2, 0) is 6.54 Å². The fourth-order valence-electron chi connectivity index (χ4n) is 4.33. The fraction of sp³-hybridized carbons (Fsp3) is 0.391. The number of rotatable bonds is 6. The molecule has 0 atom stereocenters. The van der Waals surface area contributed by atoms with Crippen molar-refractivity contribution in [2.45, 2.75) is 45.6 Å². The van der Waals surface area contributed by atoms with Crippen LogP contribution in [0.4, 0.5) is 0 Å². The molecule has 7 heteroatoms. The Balaban J connectivity index is 1.44. The SMILES string of the molecule is Cc1cccc(-c2[nH]c(CNCC3CCCCC3)nc2-c2ccc3ncnn3c2)n1. The number of aromatic nitrogens is 6. The third-order valence-electron chi connectivity index (χ3n) is 5.90. The molecular formula is C23H27N7. The minimum absolute atomic E-state index is 0.723. The molecule has 0 bridgehead atoms. The van der Waals surface area contributed by atoms with Gasteiger partial charge < -0.3 is 10.3 Å².